The molecule has 0 unspecified atom stereocenters. The van der Waals surface area contributed by atoms with E-state index in [0.29, 0.717) is 0 Å². The summed E-state index contributed by atoms with van der Waals surface area (Å²) in [6, 6.07) is 0. The second-order valence-corrected chi connectivity index (χ2v) is 6.92. The fourth-order valence-corrected chi connectivity index (χ4v) is 3.36. The lowest BCUT2D eigenvalue weighted by atomic mass is 10.1. The smallest absolute Gasteiger partial charge is 0.140 e. The Hall–Kier alpha value is 0.940. The molecule has 0 aromatic heterocycles. The van der Waals surface area contributed by atoms with Gasteiger partial charge in [0.25, 0.3) is 0 Å². The topological polar surface area (TPSA) is 0 Å². The predicted molar refractivity (Wildman–Crippen MR) is 77.0 cm³/mol. The highest BCUT2D eigenvalue weighted by molar-refractivity contribution is 4.99. The van der Waals surface area contributed by atoms with E-state index < -0.39 is 0 Å². The number of halogens is 2. The number of rotatable bonds is 2. The van der Waals surface area contributed by atoms with Crippen molar-refractivity contribution in [1.29, 1.82) is 0 Å². The molecule has 0 saturated carbocycles. The molecule has 20 heavy (non-hydrogen) atoms. The van der Waals surface area contributed by atoms with Crippen molar-refractivity contribution in [1.82, 2.24) is 0 Å². The highest BCUT2D eigenvalue weighted by Gasteiger charge is 2.24. The lowest BCUT2D eigenvalue weighted by Crippen LogP contribution is -3.00. The number of piperidine rings is 2. The van der Waals surface area contributed by atoms with Crippen LogP contribution < -0.4 is 48.0 Å². The normalized spacial score (nSPS) is 23.5. The number of nitrogens with zero attached hydrogens (tertiary/aromatic N) is 2. The first-order valence-corrected chi connectivity index (χ1v) is 7.75. The molecule has 2 saturated heterocycles. The minimum Gasteiger partial charge on any atom is -1.00 e. The van der Waals surface area contributed by atoms with Crippen LogP contribution in [0, 0.1) is 11.8 Å². The van der Waals surface area contributed by atoms with Crippen molar-refractivity contribution in [3.05, 3.63) is 0 Å². The summed E-state index contributed by atoms with van der Waals surface area (Å²) < 4.78 is 2.38. The molecule has 0 N–H and O–H groups in total. The van der Waals surface area contributed by atoms with Crippen LogP contribution in [-0.4, -0.2) is 62.3 Å². The molecule has 2 rings (SSSR count). The first kappa shape index (κ1) is 20.9. The van der Waals surface area contributed by atoms with Gasteiger partial charge < -0.3 is 56.9 Å². The number of hydrogen-bond donors (Lipinski definition) is 0. The van der Waals surface area contributed by atoms with Crippen molar-refractivity contribution in [2.45, 2.75) is 38.5 Å². The lowest BCUT2D eigenvalue weighted by molar-refractivity contribution is -0.908. The molecule has 0 amide bonds. The fourth-order valence-electron chi connectivity index (χ4n) is 3.36. The van der Waals surface area contributed by atoms with Gasteiger partial charge in [0.05, 0.1) is 40.3 Å². The standard InChI is InChI=1S/C16H30N2.2HI/c1-17(11-5-3-6-12-17)15-9-10-16-18(2)13-7-4-8-14-18;;/h3-8,11-16H2,1-2H3;2*1H/q+2;;/p-2. The highest BCUT2D eigenvalue weighted by atomic mass is 127. The van der Waals surface area contributed by atoms with Crippen LogP contribution in [0.25, 0.3) is 0 Å². The summed E-state index contributed by atoms with van der Waals surface area (Å²) in [6.07, 6.45) is 8.43. The molecule has 2 nitrogen and oxygen atoms in total. The average molecular weight is 504 g/mol. The molecule has 0 aliphatic carbocycles. The van der Waals surface area contributed by atoms with Gasteiger partial charge in [-0.05, 0) is 50.4 Å². The zero-order chi connectivity index (χ0) is 12.9. The summed E-state index contributed by atoms with van der Waals surface area (Å²) in [5.74, 6) is 6.95. The van der Waals surface area contributed by atoms with Crippen molar-refractivity contribution in [2.75, 3.05) is 53.4 Å². The molecular weight excluding hydrogens is 474 g/mol. The Bertz CT molecular complexity index is 291. The monoisotopic (exact) mass is 504 g/mol. The van der Waals surface area contributed by atoms with Crippen LogP contribution in [0.3, 0.4) is 0 Å². The minimum atomic E-state index is 0. The van der Waals surface area contributed by atoms with Crippen molar-refractivity contribution >= 4 is 0 Å². The van der Waals surface area contributed by atoms with E-state index in [9.17, 15) is 0 Å². The van der Waals surface area contributed by atoms with Crippen LogP contribution in [-0.2, 0) is 0 Å². The van der Waals surface area contributed by atoms with Crippen LogP contribution in [0.1, 0.15) is 38.5 Å². The Balaban J connectivity index is 0.00000180. The SMILES string of the molecule is C[N+]1(CC#CC[N+]2(C)CCCCC2)CCCCC1.[I-].[I-]. The molecule has 4 heteroatoms. The predicted octanol–water partition coefficient (Wildman–Crippen LogP) is -3.74. The summed E-state index contributed by atoms with van der Waals surface area (Å²) in [7, 11) is 4.76. The van der Waals surface area contributed by atoms with Crippen LogP contribution in [0.4, 0.5) is 0 Å². The maximum atomic E-state index is 3.47. The van der Waals surface area contributed by atoms with Gasteiger partial charge in [0.2, 0.25) is 0 Å². The first-order valence-electron chi connectivity index (χ1n) is 7.75. The number of likely N-dealkylation sites (tertiary alicyclic amines) is 2. The third kappa shape index (κ3) is 6.80. The molecule has 0 bridgehead atoms. The Kier molecular flexibility index (Phi) is 10.3. The van der Waals surface area contributed by atoms with Gasteiger partial charge in [0, 0.05) is 0 Å². The van der Waals surface area contributed by atoms with E-state index >= 15 is 0 Å². The van der Waals surface area contributed by atoms with Crippen LogP contribution in [0.5, 0.6) is 0 Å². The average Bonchev–Trinajstić information content (AvgIpc) is 2.37. The van der Waals surface area contributed by atoms with Gasteiger partial charge in [0.1, 0.15) is 13.1 Å². The highest BCUT2D eigenvalue weighted by Crippen LogP contribution is 2.16. The molecule has 0 atom stereocenters. The molecular formula is C16H30I2N2. The third-order valence-electron chi connectivity index (χ3n) is 4.84. The molecule has 0 aromatic rings. The summed E-state index contributed by atoms with van der Waals surface area (Å²) in [5.41, 5.74) is 0. The summed E-state index contributed by atoms with van der Waals surface area (Å²) >= 11 is 0. The van der Waals surface area contributed by atoms with E-state index in [0.717, 1.165) is 13.1 Å². The summed E-state index contributed by atoms with van der Waals surface area (Å²) in [6.45, 7) is 7.48. The lowest BCUT2D eigenvalue weighted by Gasteiger charge is -2.37. The van der Waals surface area contributed by atoms with Gasteiger partial charge in [-0.15, -0.1) is 0 Å². The van der Waals surface area contributed by atoms with Crippen molar-refractivity contribution in [2.24, 2.45) is 0 Å². The van der Waals surface area contributed by atoms with Gasteiger partial charge in [0.15, 0.2) is 0 Å². The van der Waals surface area contributed by atoms with E-state index in [1.807, 2.05) is 0 Å². The zero-order valence-electron chi connectivity index (χ0n) is 13.1. The molecule has 2 fully saturated rings. The van der Waals surface area contributed by atoms with Crippen molar-refractivity contribution in [3.63, 3.8) is 0 Å². The Labute approximate surface area is 159 Å². The summed E-state index contributed by atoms with van der Waals surface area (Å²) in [5, 5.41) is 0. The maximum Gasteiger partial charge on any atom is 0.140 e. The molecule has 0 spiro atoms. The van der Waals surface area contributed by atoms with E-state index in [4.69, 9.17) is 0 Å². The van der Waals surface area contributed by atoms with E-state index in [1.165, 1.54) is 73.7 Å². The minimum absolute atomic E-state index is 0. The third-order valence-corrected chi connectivity index (χ3v) is 4.84. The van der Waals surface area contributed by atoms with Gasteiger partial charge >= 0.3 is 0 Å². The Morgan fingerprint density at radius 2 is 0.900 bits per heavy atom. The fraction of sp³-hybridized carbons (Fsp3) is 0.875. The Morgan fingerprint density at radius 3 is 1.20 bits per heavy atom. The second kappa shape index (κ2) is 9.86. The van der Waals surface area contributed by atoms with E-state index in [2.05, 4.69) is 25.9 Å². The van der Waals surface area contributed by atoms with Crippen molar-refractivity contribution in [3.8, 4) is 11.8 Å². The molecule has 2 aliphatic rings. The molecule has 118 valence electrons. The number of hydrogen-bond acceptors (Lipinski definition) is 0. The van der Waals surface area contributed by atoms with Crippen LogP contribution >= 0.6 is 0 Å². The van der Waals surface area contributed by atoms with Gasteiger partial charge in [-0.25, -0.2) is 0 Å². The first-order chi connectivity index (χ1) is 8.62. The molecule has 0 radical (unpaired) electrons. The maximum absolute atomic E-state index is 3.47. The summed E-state index contributed by atoms with van der Waals surface area (Å²) in [4.78, 5) is 0. The van der Waals surface area contributed by atoms with Crippen LogP contribution in [0.15, 0.2) is 0 Å². The number of quaternary nitrogens is 2. The Morgan fingerprint density at radius 1 is 0.600 bits per heavy atom. The quantitative estimate of drug-likeness (QED) is 0.206. The van der Waals surface area contributed by atoms with Crippen molar-refractivity contribution < 1.29 is 56.9 Å². The molecule has 0 aromatic carbocycles. The van der Waals surface area contributed by atoms with Gasteiger partial charge in [-0.2, -0.15) is 0 Å². The van der Waals surface area contributed by atoms with Gasteiger partial charge in [-0.1, -0.05) is 0 Å². The zero-order valence-corrected chi connectivity index (χ0v) is 17.5. The second-order valence-electron chi connectivity index (χ2n) is 6.92. The van der Waals surface area contributed by atoms with Gasteiger partial charge in [-0.3, -0.25) is 0 Å². The largest absolute Gasteiger partial charge is 1.00 e. The van der Waals surface area contributed by atoms with E-state index in [-0.39, 0.29) is 48.0 Å². The molecule has 2 heterocycles. The van der Waals surface area contributed by atoms with Crippen LogP contribution in [0.2, 0.25) is 0 Å². The molecule has 2 aliphatic heterocycles. The van der Waals surface area contributed by atoms with E-state index in [1.54, 1.807) is 0 Å².